The summed E-state index contributed by atoms with van der Waals surface area (Å²) in [6, 6.07) is 19.7. The van der Waals surface area contributed by atoms with Crippen molar-refractivity contribution in [3.05, 3.63) is 60.7 Å². The van der Waals surface area contributed by atoms with Gasteiger partial charge in [0, 0.05) is 0 Å². The lowest BCUT2D eigenvalue weighted by Crippen LogP contribution is -2.48. The Bertz CT molecular complexity index is 430. The number of halogens is 4. The third-order valence-electron chi connectivity index (χ3n) is 2.27. The lowest BCUT2D eigenvalue weighted by molar-refractivity contribution is 1.74. The van der Waals surface area contributed by atoms with Crippen LogP contribution in [-0.2, 0) is 0 Å². The molecule has 0 radical (unpaired) electrons. The molecule has 19 heavy (non-hydrogen) atoms. The van der Waals surface area contributed by atoms with Gasteiger partial charge in [-0.05, 0) is 16.9 Å². The Labute approximate surface area is 135 Å². The zero-order valence-electron chi connectivity index (χ0n) is 10.4. The predicted molar refractivity (Wildman–Crippen MR) is 94.3 cm³/mol. The molecule has 0 spiro atoms. The van der Waals surface area contributed by atoms with Gasteiger partial charge in [-0.3, -0.25) is 0 Å². The van der Waals surface area contributed by atoms with E-state index >= 15 is 0 Å². The monoisotopic (exact) mass is 366 g/mol. The summed E-state index contributed by atoms with van der Waals surface area (Å²) < 4.78 is 0. The minimum atomic E-state index is -2.51. The summed E-state index contributed by atoms with van der Waals surface area (Å²) in [5.41, 5.74) is 0. The Hall–Kier alpha value is 0.0338. The van der Waals surface area contributed by atoms with Crippen molar-refractivity contribution in [3.63, 3.8) is 0 Å². The van der Waals surface area contributed by atoms with Crippen LogP contribution in [0.25, 0.3) is 0 Å². The molecule has 0 aromatic heterocycles. The number of hydrogen-bond acceptors (Lipinski definition) is 0. The predicted octanol–water partition coefficient (Wildman–Crippen LogP) is 4.03. The summed E-state index contributed by atoms with van der Waals surface area (Å²) in [5, 5.41) is 2.05. The molecule has 0 fully saturated rings. The minimum Gasteiger partial charge on any atom is -0.151 e. The summed E-state index contributed by atoms with van der Waals surface area (Å²) in [7, 11) is -1.19. The van der Waals surface area contributed by atoms with Crippen molar-refractivity contribution in [3.8, 4) is 0 Å². The maximum Gasteiger partial charge on any atom is 0.310 e. The maximum atomic E-state index is 6.49. The molecular weight excluding hydrogens is 354 g/mol. The van der Waals surface area contributed by atoms with Gasteiger partial charge < -0.3 is 0 Å². The lowest BCUT2D eigenvalue weighted by Gasteiger charge is -2.17. The summed E-state index contributed by atoms with van der Waals surface area (Å²) in [5.74, 6) is 0. The van der Waals surface area contributed by atoms with Crippen molar-refractivity contribution >= 4 is 68.8 Å². The normalized spacial score (nSPS) is 10.8. The first-order valence-corrected chi connectivity index (χ1v) is 14.4. The van der Waals surface area contributed by atoms with Crippen LogP contribution in [0.2, 0.25) is 6.55 Å². The molecule has 6 heteroatoms. The first kappa shape index (κ1) is 17.1. The fraction of sp³-hybridized carbons (Fsp3) is 0.0769. The van der Waals surface area contributed by atoms with E-state index in [-0.39, 0.29) is 0 Å². The Morgan fingerprint density at radius 1 is 0.737 bits per heavy atom. The van der Waals surface area contributed by atoms with Gasteiger partial charge >= 0.3 is 6.69 Å². The van der Waals surface area contributed by atoms with Crippen LogP contribution in [-0.4, -0.2) is 14.1 Å². The largest absolute Gasteiger partial charge is 0.310 e. The summed E-state index contributed by atoms with van der Waals surface area (Å²) >= 11 is 23.3. The van der Waals surface area contributed by atoms with Crippen LogP contribution in [0.4, 0.5) is 0 Å². The van der Waals surface area contributed by atoms with E-state index in [0.29, 0.717) is 0 Å². The van der Waals surface area contributed by atoms with Crippen LogP contribution in [0.1, 0.15) is 0 Å². The Morgan fingerprint density at radius 2 is 1.00 bits per heavy atom. The van der Waals surface area contributed by atoms with E-state index in [9.17, 15) is 0 Å². The topological polar surface area (TPSA) is 0 Å². The zero-order valence-corrected chi connectivity index (χ0v) is 15.5. The second-order valence-electron chi connectivity index (χ2n) is 3.83. The molecule has 0 bridgehead atoms. The van der Waals surface area contributed by atoms with Gasteiger partial charge in [0.15, 0.2) is 0 Å². The highest BCUT2D eigenvalue weighted by Crippen LogP contribution is 2.14. The molecule has 0 aliphatic rings. The van der Waals surface area contributed by atoms with Crippen LogP contribution in [0, 0.1) is 0 Å². The zero-order chi connectivity index (χ0) is 14.3. The van der Waals surface area contributed by atoms with Gasteiger partial charge in [0.05, 0.1) is 0 Å². The summed E-state index contributed by atoms with van der Waals surface area (Å²) in [6.07, 6.45) is 0. The highest BCUT2D eigenvalue weighted by atomic mass is 35.7. The van der Waals surface area contributed by atoms with Crippen LogP contribution in [0.15, 0.2) is 60.7 Å². The fourth-order valence-electron chi connectivity index (χ4n) is 1.46. The molecule has 0 N–H and O–H groups in total. The molecule has 102 valence electrons. The Morgan fingerprint density at radius 3 is 1.26 bits per heavy atom. The molecule has 0 unspecified atom stereocenters. The highest BCUT2D eigenvalue weighted by Gasteiger charge is 2.32. The fourth-order valence-corrected chi connectivity index (χ4v) is 4.53. The SMILES string of the molecule is C[SiH](Cl)Cl.Cl[Si](Cl)(c1ccccc1)c1ccccc1. The van der Waals surface area contributed by atoms with Crippen molar-refractivity contribution < 1.29 is 0 Å². The molecule has 0 heterocycles. The van der Waals surface area contributed by atoms with E-state index in [4.69, 9.17) is 44.3 Å². The van der Waals surface area contributed by atoms with Gasteiger partial charge in [0.1, 0.15) is 0 Å². The smallest absolute Gasteiger partial charge is 0.151 e. The van der Waals surface area contributed by atoms with Crippen LogP contribution >= 0.6 is 44.3 Å². The van der Waals surface area contributed by atoms with Crippen molar-refractivity contribution in [2.45, 2.75) is 6.55 Å². The third kappa shape index (κ3) is 5.90. The molecule has 0 amide bonds. The van der Waals surface area contributed by atoms with Gasteiger partial charge in [0.25, 0.3) is 0 Å². The van der Waals surface area contributed by atoms with Gasteiger partial charge in [-0.15, -0.1) is 22.2 Å². The molecular formula is C13H14Cl4Si2. The first-order chi connectivity index (χ1) is 8.94. The molecule has 0 atom stereocenters. The average molecular weight is 368 g/mol. The van der Waals surface area contributed by atoms with Crippen molar-refractivity contribution in [1.82, 2.24) is 0 Å². The molecule has 0 saturated heterocycles. The van der Waals surface area contributed by atoms with Crippen molar-refractivity contribution in [1.29, 1.82) is 0 Å². The van der Waals surface area contributed by atoms with E-state index < -0.39 is 14.1 Å². The highest BCUT2D eigenvalue weighted by molar-refractivity contribution is 7.56. The van der Waals surface area contributed by atoms with E-state index in [2.05, 4.69) is 0 Å². The van der Waals surface area contributed by atoms with Crippen LogP contribution < -0.4 is 10.4 Å². The second-order valence-corrected chi connectivity index (χ2v) is 15.7. The third-order valence-corrected chi connectivity index (χ3v) is 7.01. The maximum absolute atomic E-state index is 6.49. The molecule has 0 nitrogen and oxygen atoms in total. The molecule has 2 rings (SSSR count). The number of benzene rings is 2. The second kappa shape index (κ2) is 8.35. The Kier molecular flexibility index (Phi) is 7.51. The van der Waals surface area contributed by atoms with E-state index in [1.165, 1.54) is 0 Å². The van der Waals surface area contributed by atoms with Gasteiger partial charge in [0.2, 0.25) is 7.42 Å². The molecule has 0 aliphatic heterocycles. The molecule has 2 aromatic carbocycles. The molecule has 0 aliphatic carbocycles. The quantitative estimate of drug-likeness (QED) is 0.555. The van der Waals surface area contributed by atoms with Crippen molar-refractivity contribution in [2.24, 2.45) is 0 Å². The van der Waals surface area contributed by atoms with Crippen molar-refractivity contribution in [2.75, 3.05) is 0 Å². The molecule has 2 aromatic rings. The number of hydrogen-bond donors (Lipinski definition) is 0. The standard InChI is InChI=1S/C12H10Cl2Si.CH4Cl2Si/c13-15(14,11-7-3-1-4-8-11)12-9-5-2-6-10-12;1-4(2)3/h1-10H;4H,1H3. The number of rotatable bonds is 2. The van der Waals surface area contributed by atoms with Gasteiger partial charge in [-0.1, -0.05) is 60.7 Å². The van der Waals surface area contributed by atoms with E-state index in [1.54, 1.807) is 0 Å². The van der Waals surface area contributed by atoms with Crippen LogP contribution in [0.5, 0.6) is 0 Å². The summed E-state index contributed by atoms with van der Waals surface area (Å²) in [6.45, 7) is -0.675. The lowest BCUT2D eigenvalue weighted by atomic mass is 10.4. The van der Waals surface area contributed by atoms with Crippen LogP contribution in [0.3, 0.4) is 0 Å². The molecule has 0 saturated carbocycles. The van der Waals surface area contributed by atoms with Gasteiger partial charge in [-0.2, -0.15) is 22.2 Å². The average Bonchev–Trinajstić information content (AvgIpc) is 2.40. The van der Waals surface area contributed by atoms with E-state index in [1.807, 2.05) is 67.2 Å². The minimum absolute atomic E-state index is 1.03. The first-order valence-electron chi connectivity index (χ1n) is 5.71. The van der Waals surface area contributed by atoms with Gasteiger partial charge in [-0.25, -0.2) is 0 Å². The summed E-state index contributed by atoms with van der Waals surface area (Å²) in [4.78, 5) is 0. The van der Waals surface area contributed by atoms with E-state index in [0.717, 1.165) is 10.4 Å². The Balaban J connectivity index is 0.000000399.